The number of nitrogens with zero attached hydrogens (tertiary/aromatic N) is 3. The van der Waals surface area contributed by atoms with Crippen LogP contribution < -0.4 is 0 Å². The van der Waals surface area contributed by atoms with Crippen molar-refractivity contribution in [3.63, 3.8) is 0 Å². The normalized spacial score (nSPS) is 30.7. The first kappa shape index (κ1) is 21.0. The monoisotopic (exact) mass is 449 g/mol. The van der Waals surface area contributed by atoms with E-state index in [-0.39, 0.29) is 30.1 Å². The molecule has 1 saturated carbocycles. The molecule has 164 valence electrons. The first-order valence-electron chi connectivity index (χ1n) is 10.9. The Labute approximate surface area is 192 Å². The van der Waals surface area contributed by atoms with Crippen molar-refractivity contribution in [2.24, 2.45) is 22.4 Å². The molecule has 1 saturated heterocycles. The summed E-state index contributed by atoms with van der Waals surface area (Å²) in [5, 5.41) is 14.9. The van der Waals surface area contributed by atoms with Gasteiger partial charge in [-0.2, -0.15) is 5.26 Å². The second-order valence-corrected chi connectivity index (χ2v) is 9.15. The Morgan fingerprint density at radius 3 is 2.69 bits per heavy atom. The molecular weight excluding hydrogens is 426 g/mol. The lowest BCUT2D eigenvalue weighted by Gasteiger charge is -2.60. The second-order valence-electron chi connectivity index (χ2n) is 8.71. The standard InChI is InChI=1S/C25H24ClN3O3/c1-2-31-24(30)25-12-18(14-27)22(25)29(15-16-6-4-3-5-7-16)23-20(13-25)21(28-32-23)17-8-10-19(26)11-9-17/h3-11,18,20,22-23H,2,12-13,15H2,1H3. The van der Waals surface area contributed by atoms with Crippen LogP contribution in [0.3, 0.4) is 0 Å². The number of carbonyl (C=O) groups is 1. The Balaban J connectivity index is 1.55. The summed E-state index contributed by atoms with van der Waals surface area (Å²) in [5.74, 6) is -0.595. The molecule has 7 heteroatoms. The largest absolute Gasteiger partial charge is 0.466 e. The van der Waals surface area contributed by atoms with Crippen LogP contribution in [0.25, 0.3) is 0 Å². The van der Waals surface area contributed by atoms with E-state index in [0.717, 1.165) is 16.8 Å². The van der Waals surface area contributed by atoms with Crippen molar-refractivity contribution in [2.75, 3.05) is 6.61 Å². The quantitative estimate of drug-likeness (QED) is 0.633. The lowest BCUT2D eigenvalue weighted by atomic mass is 9.51. The zero-order valence-electron chi connectivity index (χ0n) is 17.8. The Kier molecular flexibility index (Phi) is 5.40. The number of hydrogen-bond donors (Lipinski definition) is 0. The van der Waals surface area contributed by atoms with Gasteiger partial charge < -0.3 is 9.57 Å². The van der Waals surface area contributed by atoms with Gasteiger partial charge in [-0.05, 0) is 43.0 Å². The van der Waals surface area contributed by atoms with E-state index in [1.807, 2.05) is 61.5 Å². The first-order valence-corrected chi connectivity index (χ1v) is 11.3. The number of ether oxygens (including phenoxy) is 1. The van der Waals surface area contributed by atoms with Crippen LogP contribution in [0.1, 0.15) is 30.9 Å². The molecule has 0 amide bonds. The highest BCUT2D eigenvalue weighted by Crippen LogP contribution is 2.59. The van der Waals surface area contributed by atoms with E-state index in [9.17, 15) is 10.1 Å². The molecular formula is C25H24ClN3O3. The zero-order chi connectivity index (χ0) is 22.3. The molecule has 6 nitrogen and oxygen atoms in total. The maximum Gasteiger partial charge on any atom is 0.313 e. The van der Waals surface area contributed by atoms with Crippen molar-refractivity contribution in [3.05, 3.63) is 70.7 Å². The van der Waals surface area contributed by atoms with E-state index in [4.69, 9.17) is 21.2 Å². The number of likely N-dealkylation sites (tertiary alicyclic amines) is 1. The molecule has 5 unspecified atom stereocenters. The van der Waals surface area contributed by atoms with Crippen molar-refractivity contribution in [1.82, 2.24) is 4.90 Å². The van der Waals surface area contributed by atoms with Gasteiger partial charge in [0.25, 0.3) is 0 Å². The number of carbonyl (C=O) groups excluding carboxylic acids is 1. The van der Waals surface area contributed by atoms with E-state index in [1.165, 1.54) is 0 Å². The molecule has 32 heavy (non-hydrogen) atoms. The number of piperidine rings is 1. The summed E-state index contributed by atoms with van der Waals surface area (Å²) in [5.41, 5.74) is 2.09. The number of rotatable bonds is 5. The Bertz CT molecular complexity index is 1080. The lowest BCUT2D eigenvalue weighted by Crippen LogP contribution is -2.71. The van der Waals surface area contributed by atoms with Crippen molar-refractivity contribution >= 4 is 23.3 Å². The summed E-state index contributed by atoms with van der Waals surface area (Å²) in [4.78, 5) is 21.4. The lowest BCUT2D eigenvalue weighted by molar-refractivity contribution is -0.218. The minimum Gasteiger partial charge on any atom is -0.466 e. The molecule has 1 aliphatic carbocycles. The number of benzene rings is 2. The molecule has 2 fully saturated rings. The van der Waals surface area contributed by atoms with Crippen LogP contribution in [0.2, 0.25) is 5.02 Å². The van der Waals surface area contributed by atoms with Crippen molar-refractivity contribution in [1.29, 1.82) is 5.26 Å². The Morgan fingerprint density at radius 1 is 1.25 bits per heavy atom. The minimum atomic E-state index is -0.743. The van der Waals surface area contributed by atoms with Crippen LogP contribution in [0.4, 0.5) is 0 Å². The molecule has 0 N–H and O–H groups in total. The minimum absolute atomic E-state index is 0.111. The van der Waals surface area contributed by atoms with E-state index >= 15 is 0 Å². The molecule has 2 aromatic rings. The fourth-order valence-electron chi connectivity index (χ4n) is 5.58. The van der Waals surface area contributed by atoms with Gasteiger partial charge >= 0.3 is 5.97 Å². The van der Waals surface area contributed by atoms with Gasteiger partial charge in [0.05, 0.1) is 35.6 Å². The number of esters is 1. The molecule has 5 atom stereocenters. The van der Waals surface area contributed by atoms with Gasteiger partial charge in [0, 0.05) is 17.6 Å². The van der Waals surface area contributed by atoms with E-state index < -0.39 is 5.41 Å². The third kappa shape index (κ3) is 3.28. The van der Waals surface area contributed by atoms with Crippen LogP contribution in [-0.4, -0.2) is 35.5 Å². The fourth-order valence-corrected chi connectivity index (χ4v) is 5.70. The van der Waals surface area contributed by atoms with Gasteiger partial charge in [-0.3, -0.25) is 9.69 Å². The van der Waals surface area contributed by atoms with Gasteiger partial charge in [0.2, 0.25) is 0 Å². The fraction of sp³-hybridized carbons (Fsp3) is 0.400. The smallest absolute Gasteiger partial charge is 0.313 e. The third-order valence-electron chi connectivity index (χ3n) is 6.95. The maximum atomic E-state index is 13.3. The SMILES string of the molecule is CCOC(=O)C12CC(C#N)C1N(Cc1ccccc1)C1ON=C(c3ccc(Cl)cc3)C1C2. The average molecular weight is 450 g/mol. The molecule has 2 aromatic carbocycles. The summed E-state index contributed by atoms with van der Waals surface area (Å²) >= 11 is 6.08. The van der Waals surface area contributed by atoms with Gasteiger partial charge in [0.15, 0.2) is 6.23 Å². The molecule has 0 bridgehead atoms. The molecule has 2 aliphatic heterocycles. The highest BCUT2D eigenvalue weighted by molar-refractivity contribution is 6.30. The predicted molar refractivity (Wildman–Crippen MR) is 120 cm³/mol. The van der Waals surface area contributed by atoms with Crippen LogP contribution in [0, 0.1) is 28.6 Å². The third-order valence-corrected chi connectivity index (χ3v) is 7.20. The molecule has 5 rings (SSSR count). The van der Waals surface area contributed by atoms with Gasteiger partial charge in [-0.25, -0.2) is 0 Å². The molecule has 0 radical (unpaired) electrons. The Morgan fingerprint density at radius 2 is 2.00 bits per heavy atom. The molecule has 0 aromatic heterocycles. The number of oxime groups is 1. The van der Waals surface area contributed by atoms with Gasteiger partial charge in [-0.1, -0.05) is 59.2 Å². The average Bonchev–Trinajstić information content (AvgIpc) is 3.20. The van der Waals surface area contributed by atoms with Crippen molar-refractivity contribution < 1.29 is 14.4 Å². The molecule has 3 aliphatic rings. The highest BCUT2D eigenvalue weighted by atomic mass is 35.5. The highest BCUT2D eigenvalue weighted by Gasteiger charge is 2.69. The zero-order valence-corrected chi connectivity index (χ0v) is 18.5. The van der Waals surface area contributed by atoms with Crippen molar-refractivity contribution in [3.8, 4) is 6.07 Å². The summed E-state index contributed by atoms with van der Waals surface area (Å²) in [6.45, 7) is 2.69. The van der Waals surface area contributed by atoms with Crippen LogP contribution >= 0.6 is 11.6 Å². The Hall–Kier alpha value is -2.88. The van der Waals surface area contributed by atoms with E-state index in [1.54, 1.807) is 0 Å². The van der Waals surface area contributed by atoms with Gasteiger partial charge in [-0.15, -0.1) is 0 Å². The maximum absolute atomic E-state index is 13.3. The number of hydrogen-bond acceptors (Lipinski definition) is 6. The van der Waals surface area contributed by atoms with E-state index in [2.05, 4.69) is 16.1 Å². The summed E-state index contributed by atoms with van der Waals surface area (Å²) < 4.78 is 5.53. The summed E-state index contributed by atoms with van der Waals surface area (Å²) in [7, 11) is 0. The second kappa shape index (κ2) is 8.23. The first-order chi connectivity index (χ1) is 15.6. The van der Waals surface area contributed by atoms with Crippen LogP contribution in [-0.2, 0) is 20.9 Å². The molecule has 2 heterocycles. The number of fused-ring (bicyclic) bond motifs is 2. The van der Waals surface area contributed by atoms with Gasteiger partial charge in [0.1, 0.15) is 0 Å². The topological polar surface area (TPSA) is 74.9 Å². The van der Waals surface area contributed by atoms with Crippen LogP contribution in [0.15, 0.2) is 59.8 Å². The van der Waals surface area contributed by atoms with Crippen molar-refractivity contribution in [2.45, 2.75) is 38.6 Å². The number of halogens is 1. The summed E-state index contributed by atoms with van der Waals surface area (Å²) in [6.07, 6.45) is 0.700. The number of nitriles is 1. The predicted octanol–water partition coefficient (Wildman–Crippen LogP) is 4.38. The summed E-state index contributed by atoms with van der Waals surface area (Å²) in [6, 6.07) is 19.7. The molecule has 0 spiro atoms. The van der Waals surface area contributed by atoms with Crippen LogP contribution in [0.5, 0.6) is 0 Å². The van der Waals surface area contributed by atoms with E-state index in [0.29, 0.717) is 31.0 Å².